The number of aliphatic hydroxyl groups excluding tert-OH is 1. The molecule has 1 aliphatic rings. The number of nitrogens with two attached hydrogens (primary N) is 1. The molecule has 1 fully saturated rings. The van der Waals surface area contributed by atoms with Crippen molar-refractivity contribution >= 4 is 33.2 Å². The third-order valence-electron chi connectivity index (χ3n) is 6.01. The second-order valence-corrected chi connectivity index (χ2v) is 10.8. The van der Waals surface area contributed by atoms with Gasteiger partial charge >= 0.3 is 0 Å². The number of ketones is 1. The van der Waals surface area contributed by atoms with Gasteiger partial charge in [0, 0.05) is 11.3 Å². The van der Waals surface area contributed by atoms with Crippen molar-refractivity contribution in [3.8, 4) is 11.5 Å². The molecule has 38 heavy (non-hydrogen) atoms. The molecule has 1 heterocycles. The number of Topliss-reactive ketones (excluding diaryl/α,β-unsaturated/α-hetero) is 1. The Morgan fingerprint density at radius 2 is 1.66 bits per heavy atom. The average Bonchev–Trinajstić information content (AvgIpc) is 3.17. The zero-order valence-corrected chi connectivity index (χ0v) is 21.9. The molecule has 1 atom stereocenters. The number of ether oxygens (including phenoxy) is 2. The van der Waals surface area contributed by atoms with Gasteiger partial charge in [-0.25, -0.2) is 13.6 Å². The Labute approximate surface area is 221 Å². The van der Waals surface area contributed by atoms with Crippen molar-refractivity contribution in [2.75, 3.05) is 18.6 Å². The van der Waals surface area contributed by atoms with Gasteiger partial charge in [0.25, 0.3) is 11.7 Å². The molecular formula is C28H28N2O7S. The van der Waals surface area contributed by atoms with E-state index in [0.717, 1.165) is 0 Å². The van der Waals surface area contributed by atoms with Crippen LogP contribution in [0.3, 0.4) is 0 Å². The van der Waals surface area contributed by atoms with Crippen LogP contribution in [0.5, 0.6) is 11.5 Å². The zero-order valence-electron chi connectivity index (χ0n) is 21.1. The van der Waals surface area contributed by atoms with Crippen molar-refractivity contribution in [3.63, 3.8) is 0 Å². The van der Waals surface area contributed by atoms with Crippen molar-refractivity contribution in [3.05, 3.63) is 89.5 Å². The van der Waals surface area contributed by atoms with Crippen LogP contribution in [0.4, 0.5) is 5.69 Å². The van der Waals surface area contributed by atoms with Crippen molar-refractivity contribution < 1.29 is 32.6 Å². The van der Waals surface area contributed by atoms with E-state index in [2.05, 4.69) is 0 Å². The molecule has 0 spiro atoms. The third kappa shape index (κ3) is 5.41. The summed E-state index contributed by atoms with van der Waals surface area (Å²) in [5.74, 6) is -0.749. The number of rotatable bonds is 8. The maximum atomic E-state index is 13.4. The number of amides is 1. The molecule has 1 amide bonds. The highest BCUT2D eigenvalue weighted by Crippen LogP contribution is 2.42. The topological polar surface area (TPSA) is 136 Å². The predicted molar refractivity (Wildman–Crippen MR) is 142 cm³/mol. The Morgan fingerprint density at radius 3 is 2.24 bits per heavy atom. The predicted octanol–water partition coefficient (Wildman–Crippen LogP) is 4.00. The van der Waals surface area contributed by atoms with Gasteiger partial charge in [0.05, 0.1) is 30.2 Å². The first-order valence-electron chi connectivity index (χ1n) is 11.8. The van der Waals surface area contributed by atoms with E-state index in [1.807, 2.05) is 13.8 Å². The van der Waals surface area contributed by atoms with E-state index in [1.54, 1.807) is 48.5 Å². The van der Waals surface area contributed by atoms with Gasteiger partial charge in [-0.1, -0.05) is 38.1 Å². The summed E-state index contributed by atoms with van der Waals surface area (Å²) in [6.45, 7) is 4.49. The Balaban J connectivity index is 1.86. The number of anilines is 1. The fourth-order valence-electron chi connectivity index (χ4n) is 4.15. The van der Waals surface area contributed by atoms with Gasteiger partial charge in [0.1, 0.15) is 17.3 Å². The highest BCUT2D eigenvalue weighted by atomic mass is 32.2. The van der Waals surface area contributed by atoms with Crippen LogP contribution in [0.25, 0.3) is 5.76 Å². The molecule has 0 saturated carbocycles. The molecule has 198 valence electrons. The van der Waals surface area contributed by atoms with E-state index in [1.165, 1.54) is 36.3 Å². The van der Waals surface area contributed by atoms with E-state index in [9.17, 15) is 23.1 Å². The number of nitrogens with zero attached hydrogens (tertiary/aromatic N) is 1. The summed E-state index contributed by atoms with van der Waals surface area (Å²) in [4.78, 5) is 27.8. The number of methoxy groups -OCH3 is 1. The van der Waals surface area contributed by atoms with Crippen LogP contribution in [0.1, 0.15) is 31.0 Å². The van der Waals surface area contributed by atoms with Crippen LogP contribution in [0.2, 0.25) is 0 Å². The number of hydrogen-bond acceptors (Lipinski definition) is 7. The number of sulfonamides is 1. The zero-order chi connectivity index (χ0) is 27.6. The summed E-state index contributed by atoms with van der Waals surface area (Å²) in [7, 11) is -2.44. The Morgan fingerprint density at radius 1 is 1.00 bits per heavy atom. The van der Waals surface area contributed by atoms with Crippen LogP contribution < -0.4 is 19.5 Å². The smallest absolute Gasteiger partial charge is 0.300 e. The van der Waals surface area contributed by atoms with E-state index < -0.39 is 27.8 Å². The quantitative estimate of drug-likeness (QED) is 0.252. The summed E-state index contributed by atoms with van der Waals surface area (Å²) >= 11 is 0. The average molecular weight is 537 g/mol. The van der Waals surface area contributed by atoms with Gasteiger partial charge in [0.15, 0.2) is 0 Å². The molecule has 10 heteroatoms. The normalized spacial score (nSPS) is 17.2. The Hall–Kier alpha value is -4.15. The van der Waals surface area contributed by atoms with Crippen LogP contribution in [0.15, 0.2) is 83.3 Å². The van der Waals surface area contributed by atoms with Crippen LogP contribution in [0, 0.1) is 5.92 Å². The SMILES string of the molecule is COc1ccc(C2/C(=C(\O)c3cccc(OCC(C)C)c3)C(=O)C(=O)N2c2ccc(S(N)(=O)=O)cc2)cc1. The summed E-state index contributed by atoms with van der Waals surface area (Å²) in [6, 6.07) is 17.7. The Kier molecular flexibility index (Phi) is 7.56. The van der Waals surface area contributed by atoms with Crippen LogP contribution >= 0.6 is 0 Å². The minimum Gasteiger partial charge on any atom is -0.507 e. The van der Waals surface area contributed by atoms with Gasteiger partial charge in [0.2, 0.25) is 10.0 Å². The maximum Gasteiger partial charge on any atom is 0.300 e. The standard InChI is InChI=1S/C28H28N2O7S/c1-17(2)16-37-22-6-4-5-19(15-22)26(31)24-25(18-7-11-21(36-3)12-8-18)30(28(33)27(24)32)20-9-13-23(14-10-20)38(29,34)35/h4-15,17,25,31H,16H2,1-3H3,(H2,29,34,35)/b26-24+. The fourth-order valence-corrected chi connectivity index (χ4v) is 4.66. The van der Waals surface area contributed by atoms with Gasteiger partial charge in [-0.2, -0.15) is 0 Å². The van der Waals surface area contributed by atoms with Crippen molar-refractivity contribution in [1.82, 2.24) is 0 Å². The molecule has 0 radical (unpaired) electrons. The minimum atomic E-state index is -3.96. The number of hydrogen-bond donors (Lipinski definition) is 2. The number of carbonyl (C=O) groups is 2. The highest BCUT2D eigenvalue weighted by molar-refractivity contribution is 7.89. The van der Waals surface area contributed by atoms with Crippen LogP contribution in [-0.2, 0) is 19.6 Å². The first kappa shape index (κ1) is 26.9. The summed E-state index contributed by atoms with van der Waals surface area (Å²) < 4.78 is 34.4. The monoisotopic (exact) mass is 536 g/mol. The molecule has 3 N–H and O–H groups in total. The largest absolute Gasteiger partial charge is 0.507 e. The van der Waals surface area contributed by atoms with Gasteiger partial charge < -0.3 is 14.6 Å². The molecule has 0 bridgehead atoms. The molecule has 3 aromatic rings. The first-order chi connectivity index (χ1) is 18.0. The molecule has 1 aliphatic heterocycles. The minimum absolute atomic E-state index is 0.114. The third-order valence-corrected chi connectivity index (χ3v) is 6.94. The fraction of sp³-hybridized carbons (Fsp3) is 0.214. The summed E-state index contributed by atoms with van der Waals surface area (Å²) in [5, 5.41) is 16.6. The summed E-state index contributed by atoms with van der Waals surface area (Å²) in [5.41, 5.74) is 0.992. The lowest BCUT2D eigenvalue weighted by molar-refractivity contribution is -0.132. The second kappa shape index (κ2) is 10.7. The maximum absolute atomic E-state index is 13.4. The van der Waals surface area contributed by atoms with Gasteiger partial charge in [-0.15, -0.1) is 0 Å². The molecule has 1 unspecified atom stereocenters. The lowest BCUT2D eigenvalue weighted by Crippen LogP contribution is -2.29. The molecular weight excluding hydrogens is 508 g/mol. The number of primary sulfonamides is 1. The molecule has 1 saturated heterocycles. The Bertz CT molecular complexity index is 1490. The lowest BCUT2D eigenvalue weighted by Gasteiger charge is -2.25. The first-order valence-corrected chi connectivity index (χ1v) is 13.4. The van der Waals surface area contributed by atoms with E-state index in [0.29, 0.717) is 29.2 Å². The lowest BCUT2D eigenvalue weighted by atomic mass is 9.95. The van der Waals surface area contributed by atoms with E-state index in [4.69, 9.17) is 14.6 Å². The summed E-state index contributed by atoms with van der Waals surface area (Å²) in [6.07, 6.45) is 0. The molecule has 9 nitrogen and oxygen atoms in total. The molecule has 0 aromatic heterocycles. The van der Waals surface area contributed by atoms with Crippen molar-refractivity contribution in [2.45, 2.75) is 24.8 Å². The van der Waals surface area contributed by atoms with E-state index >= 15 is 0 Å². The van der Waals surface area contributed by atoms with Gasteiger partial charge in [-0.05, 0) is 60.0 Å². The molecule has 3 aromatic carbocycles. The highest BCUT2D eigenvalue weighted by Gasteiger charge is 2.47. The molecule has 0 aliphatic carbocycles. The van der Waals surface area contributed by atoms with Crippen molar-refractivity contribution in [2.24, 2.45) is 11.1 Å². The van der Waals surface area contributed by atoms with Crippen LogP contribution in [-0.4, -0.2) is 38.9 Å². The molecule has 4 rings (SSSR count). The van der Waals surface area contributed by atoms with Gasteiger partial charge in [-0.3, -0.25) is 14.5 Å². The van der Waals surface area contributed by atoms with E-state index in [-0.39, 0.29) is 27.8 Å². The second-order valence-electron chi connectivity index (χ2n) is 9.21. The number of carbonyl (C=O) groups excluding carboxylic acids is 2. The van der Waals surface area contributed by atoms with Crippen molar-refractivity contribution in [1.29, 1.82) is 0 Å². The number of aliphatic hydroxyl groups is 1. The number of benzene rings is 3.